The minimum atomic E-state index is 0.606. The maximum atomic E-state index is 4.24. The van der Waals surface area contributed by atoms with E-state index in [-0.39, 0.29) is 0 Å². The molecule has 3 rings (SSSR count). The van der Waals surface area contributed by atoms with Crippen LogP contribution in [0.3, 0.4) is 0 Å². The summed E-state index contributed by atoms with van der Waals surface area (Å²) in [5.74, 6) is 0.764. The molecule has 0 saturated carbocycles. The highest BCUT2D eigenvalue weighted by Crippen LogP contribution is 2.30. The Kier molecular flexibility index (Phi) is 5.87. The van der Waals surface area contributed by atoms with Crippen molar-refractivity contribution in [1.29, 1.82) is 0 Å². The number of hydrogen-bond donors (Lipinski definition) is 0. The zero-order chi connectivity index (χ0) is 15.9. The number of likely N-dealkylation sites (tertiary alicyclic amines) is 1. The van der Waals surface area contributed by atoms with Gasteiger partial charge in [0, 0.05) is 25.0 Å². The van der Waals surface area contributed by atoms with Crippen molar-refractivity contribution < 1.29 is 0 Å². The Morgan fingerprint density at radius 3 is 2.87 bits per heavy atom. The zero-order valence-corrected chi connectivity index (χ0v) is 14.3. The molecule has 2 atom stereocenters. The third-order valence-electron chi connectivity index (χ3n) is 5.19. The first-order valence-electron chi connectivity index (χ1n) is 9.10. The fourth-order valence-electron chi connectivity index (χ4n) is 4.01. The summed E-state index contributed by atoms with van der Waals surface area (Å²) in [6.07, 6.45) is 12.4. The molecule has 1 fully saturated rings. The fourth-order valence-corrected chi connectivity index (χ4v) is 4.01. The van der Waals surface area contributed by atoms with Crippen LogP contribution >= 0.6 is 0 Å². The van der Waals surface area contributed by atoms with Gasteiger partial charge in [-0.05, 0) is 56.7 Å². The average molecular weight is 311 g/mol. The highest BCUT2D eigenvalue weighted by atomic mass is 15.1. The predicted molar refractivity (Wildman–Crippen MR) is 95.5 cm³/mol. The molecule has 1 aromatic heterocycles. The van der Waals surface area contributed by atoms with Crippen LogP contribution in [0.15, 0.2) is 49.1 Å². The molecule has 1 aromatic carbocycles. The molecule has 1 aliphatic heterocycles. The third-order valence-corrected chi connectivity index (χ3v) is 5.19. The molecule has 0 N–H and O–H groups in total. The lowest BCUT2D eigenvalue weighted by Crippen LogP contribution is -2.39. The van der Waals surface area contributed by atoms with Crippen LogP contribution in [0.25, 0.3) is 0 Å². The maximum absolute atomic E-state index is 4.24. The van der Waals surface area contributed by atoms with E-state index in [4.69, 9.17) is 0 Å². The van der Waals surface area contributed by atoms with Gasteiger partial charge in [0.15, 0.2) is 0 Å². The molecule has 0 spiro atoms. The van der Waals surface area contributed by atoms with Gasteiger partial charge in [-0.25, -0.2) is 4.98 Å². The molecule has 0 amide bonds. The van der Waals surface area contributed by atoms with Gasteiger partial charge in [0.1, 0.15) is 0 Å². The van der Waals surface area contributed by atoms with E-state index in [0.717, 1.165) is 5.92 Å². The van der Waals surface area contributed by atoms with E-state index in [9.17, 15) is 0 Å². The molecule has 23 heavy (non-hydrogen) atoms. The van der Waals surface area contributed by atoms with E-state index in [0.29, 0.717) is 6.04 Å². The number of aromatic nitrogens is 2. The molecule has 3 heteroatoms. The smallest absolute Gasteiger partial charge is 0.0948 e. The number of rotatable bonds is 7. The standard InChI is InChI=1S/C20H29N3/c1-2-20(23-15-12-21-17-23)19-11-7-14-22(16-19)13-6-10-18-8-4-3-5-9-18/h3-5,8-9,12,15,17,19-20H,2,6-7,10-11,13-14,16H2,1H3. The molecule has 0 radical (unpaired) electrons. The molecule has 3 nitrogen and oxygen atoms in total. The molecule has 0 bridgehead atoms. The molecule has 1 saturated heterocycles. The summed E-state index contributed by atoms with van der Waals surface area (Å²) in [5.41, 5.74) is 1.46. The third kappa shape index (κ3) is 4.44. The van der Waals surface area contributed by atoms with Gasteiger partial charge in [0.25, 0.3) is 0 Å². The van der Waals surface area contributed by atoms with Gasteiger partial charge in [-0.2, -0.15) is 0 Å². The number of nitrogens with zero attached hydrogens (tertiary/aromatic N) is 3. The van der Waals surface area contributed by atoms with Gasteiger partial charge in [0.05, 0.1) is 6.33 Å². The molecule has 2 aromatic rings. The Morgan fingerprint density at radius 1 is 1.26 bits per heavy atom. The number of piperidine rings is 1. The minimum Gasteiger partial charge on any atom is -0.334 e. The van der Waals surface area contributed by atoms with E-state index in [1.54, 1.807) is 0 Å². The van der Waals surface area contributed by atoms with Gasteiger partial charge in [0.2, 0.25) is 0 Å². The van der Waals surface area contributed by atoms with E-state index >= 15 is 0 Å². The maximum Gasteiger partial charge on any atom is 0.0948 e. The SMILES string of the molecule is CCC(C1CCCN(CCCc2ccccc2)C1)n1ccnc1. The van der Waals surface area contributed by atoms with Gasteiger partial charge in [-0.15, -0.1) is 0 Å². The van der Waals surface area contributed by atoms with Crippen molar-refractivity contribution in [3.8, 4) is 0 Å². The zero-order valence-electron chi connectivity index (χ0n) is 14.3. The lowest BCUT2D eigenvalue weighted by molar-refractivity contribution is 0.133. The van der Waals surface area contributed by atoms with E-state index in [1.807, 2.05) is 12.5 Å². The summed E-state index contributed by atoms with van der Waals surface area (Å²) in [7, 11) is 0. The first-order chi connectivity index (χ1) is 11.4. The Balaban J connectivity index is 1.50. The van der Waals surface area contributed by atoms with Crippen molar-refractivity contribution in [2.75, 3.05) is 19.6 Å². The van der Waals surface area contributed by atoms with Crippen LogP contribution in [0.4, 0.5) is 0 Å². The summed E-state index contributed by atoms with van der Waals surface area (Å²) < 4.78 is 2.32. The Bertz CT molecular complexity index is 550. The van der Waals surface area contributed by atoms with Crippen molar-refractivity contribution in [3.05, 3.63) is 54.6 Å². The van der Waals surface area contributed by atoms with Gasteiger partial charge in [-0.1, -0.05) is 37.3 Å². The normalized spacial score (nSPS) is 20.5. The number of hydrogen-bond acceptors (Lipinski definition) is 2. The lowest BCUT2D eigenvalue weighted by atomic mass is 9.89. The largest absolute Gasteiger partial charge is 0.334 e. The molecule has 2 heterocycles. The van der Waals surface area contributed by atoms with E-state index in [2.05, 4.69) is 57.9 Å². The topological polar surface area (TPSA) is 21.1 Å². The van der Waals surface area contributed by atoms with Crippen LogP contribution in [0.1, 0.15) is 44.2 Å². The summed E-state index contributed by atoms with van der Waals surface area (Å²) in [5, 5.41) is 0. The summed E-state index contributed by atoms with van der Waals surface area (Å²) in [6.45, 7) is 6.04. The number of benzene rings is 1. The van der Waals surface area contributed by atoms with Crippen molar-refractivity contribution in [2.24, 2.45) is 5.92 Å². The van der Waals surface area contributed by atoms with Gasteiger partial charge in [-0.3, -0.25) is 0 Å². The Hall–Kier alpha value is -1.61. The summed E-state index contributed by atoms with van der Waals surface area (Å²) >= 11 is 0. The number of imidazole rings is 1. The Morgan fingerprint density at radius 2 is 2.13 bits per heavy atom. The second kappa shape index (κ2) is 8.30. The van der Waals surface area contributed by atoms with Crippen molar-refractivity contribution in [1.82, 2.24) is 14.5 Å². The van der Waals surface area contributed by atoms with E-state index < -0.39 is 0 Å². The highest BCUT2D eigenvalue weighted by Gasteiger charge is 2.26. The van der Waals surface area contributed by atoms with Gasteiger partial charge < -0.3 is 9.47 Å². The first-order valence-corrected chi connectivity index (χ1v) is 9.10. The first kappa shape index (κ1) is 16.3. The van der Waals surface area contributed by atoms with Crippen LogP contribution in [0.5, 0.6) is 0 Å². The van der Waals surface area contributed by atoms with Crippen LogP contribution in [0, 0.1) is 5.92 Å². The van der Waals surface area contributed by atoms with Crippen LogP contribution < -0.4 is 0 Å². The van der Waals surface area contributed by atoms with Crippen molar-refractivity contribution in [3.63, 3.8) is 0 Å². The monoisotopic (exact) mass is 311 g/mol. The summed E-state index contributed by atoms with van der Waals surface area (Å²) in [4.78, 5) is 6.91. The molecule has 124 valence electrons. The highest BCUT2D eigenvalue weighted by molar-refractivity contribution is 5.14. The molecular formula is C20H29N3. The second-order valence-corrected chi connectivity index (χ2v) is 6.78. The molecule has 2 unspecified atom stereocenters. The molecule has 0 aliphatic carbocycles. The van der Waals surface area contributed by atoms with Crippen LogP contribution in [0.2, 0.25) is 0 Å². The van der Waals surface area contributed by atoms with Crippen LogP contribution in [-0.4, -0.2) is 34.1 Å². The molecule has 1 aliphatic rings. The fraction of sp³-hybridized carbons (Fsp3) is 0.550. The predicted octanol–water partition coefficient (Wildman–Crippen LogP) is 4.18. The van der Waals surface area contributed by atoms with Crippen LogP contribution in [-0.2, 0) is 6.42 Å². The van der Waals surface area contributed by atoms with Crippen molar-refractivity contribution >= 4 is 0 Å². The number of aryl methyl sites for hydroxylation is 1. The molecular weight excluding hydrogens is 282 g/mol. The average Bonchev–Trinajstić information content (AvgIpc) is 3.11. The summed E-state index contributed by atoms with van der Waals surface area (Å²) in [6, 6.07) is 11.5. The quantitative estimate of drug-likeness (QED) is 0.765. The van der Waals surface area contributed by atoms with E-state index in [1.165, 1.54) is 57.3 Å². The Labute approximate surface area is 140 Å². The van der Waals surface area contributed by atoms with Gasteiger partial charge >= 0.3 is 0 Å². The lowest BCUT2D eigenvalue weighted by Gasteiger charge is -2.37. The second-order valence-electron chi connectivity index (χ2n) is 6.78. The van der Waals surface area contributed by atoms with Crippen molar-refractivity contribution in [2.45, 2.75) is 45.1 Å². The minimum absolute atomic E-state index is 0.606.